The van der Waals surface area contributed by atoms with Crippen LogP contribution < -0.4 is 0 Å². The van der Waals surface area contributed by atoms with Crippen LogP contribution in [-0.4, -0.2) is 15.0 Å². The van der Waals surface area contributed by atoms with Crippen molar-refractivity contribution in [3.8, 4) is 45.3 Å². The van der Waals surface area contributed by atoms with E-state index in [9.17, 15) is 0 Å². The van der Waals surface area contributed by atoms with Crippen LogP contribution in [0.4, 0.5) is 0 Å². The third kappa shape index (κ3) is 4.71. The molecule has 1 aromatic heterocycles. The minimum absolute atomic E-state index is 0.661. The molecule has 0 aliphatic heterocycles. The number of nitrogens with zero attached hydrogens (tertiary/aromatic N) is 3. The van der Waals surface area contributed by atoms with Crippen LogP contribution in [0.2, 0.25) is 0 Å². The van der Waals surface area contributed by atoms with E-state index in [1.54, 1.807) is 0 Å². The fraction of sp³-hybridized carbons (Fsp3) is 0. The summed E-state index contributed by atoms with van der Waals surface area (Å²) in [6.45, 7) is 0. The highest BCUT2D eigenvalue weighted by Crippen LogP contribution is 2.31. The molecule has 184 valence electrons. The average molecular weight is 564 g/mol. The van der Waals surface area contributed by atoms with Crippen molar-refractivity contribution in [2.45, 2.75) is 0 Å². The zero-order chi connectivity index (χ0) is 26.2. The van der Waals surface area contributed by atoms with Crippen molar-refractivity contribution < 1.29 is 0 Å². The Kier molecular flexibility index (Phi) is 5.95. The van der Waals surface area contributed by atoms with Gasteiger partial charge in [0, 0.05) is 21.2 Å². The summed E-state index contributed by atoms with van der Waals surface area (Å²) in [4.78, 5) is 14.6. The minimum Gasteiger partial charge on any atom is -0.208 e. The molecule has 3 nitrogen and oxygen atoms in total. The Morgan fingerprint density at radius 1 is 0.333 bits per heavy atom. The largest absolute Gasteiger partial charge is 0.208 e. The first-order valence-corrected chi connectivity index (χ1v) is 13.6. The van der Waals surface area contributed by atoms with Crippen LogP contribution in [0.25, 0.3) is 66.8 Å². The number of rotatable bonds is 4. The Balaban J connectivity index is 1.30. The molecule has 39 heavy (non-hydrogen) atoms. The molecule has 0 unspecified atom stereocenters. The second-order valence-corrected chi connectivity index (χ2v) is 10.4. The van der Waals surface area contributed by atoms with Crippen LogP contribution in [0, 0.1) is 0 Å². The molecule has 0 amide bonds. The van der Waals surface area contributed by atoms with Gasteiger partial charge in [-0.2, -0.15) is 0 Å². The molecule has 0 fully saturated rings. The van der Waals surface area contributed by atoms with Gasteiger partial charge in [0.25, 0.3) is 0 Å². The van der Waals surface area contributed by atoms with Crippen LogP contribution >= 0.6 is 15.9 Å². The van der Waals surface area contributed by atoms with Crippen LogP contribution in [-0.2, 0) is 0 Å². The van der Waals surface area contributed by atoms with Crippen molar-refractivity contribution in [3.05, 3.63) is 138 Å². The Bertz CT molecular complexity index is 1910. The van der Waals surface area contributed by atoms with Gasteiger partial charge >= 0.3 is 0 Å². The van der Waals surface area contributed by atoms with Gasteiger partial charge in [-0.15, -0.1) is 0 Å². The lowest BCUT2D eigenvalue weighted by molar-refractivity contribution is 1.07. The molecule has 4 heteroatoms. The summed E-state index contributed by atoms with van der Waals surface area (Å²) in [6.07, 6.45) is 0. The molecule has 0 aliphatic carbocycles. The highest BCUT2D eigenvalue weighted by molar-refractivity contribution is 9.10. The molecule has 0 saturated carbocycles. The molecule has 1 heterocycles. The lowest BCUT2D eigenvalue weighted by Crippen LogP contribution is -2.00. The first-order valence-electron chi connectivity index (χ1n) is 12.8. The van der Waals surface area contributed by atoms with Gasteiger partial charge in [0.05, 0.1) is 0 Å². The van der Waals surface area contributed by atoms with E-state index in [4.69, 9.17) is 15.0 Å². The van der Waals surface area contributed by atoms with Crippen LogP contribution in [0.3, 0.4) is 0 Å². The number of halogens is 1. The van der Waals surface area contributed by atoms with Gasteiger partial charge in [-0.3, -0.25) is 0 Å². The summed E-state index contributed by atoms with van der Waals surface area (Å²) >= 11 is 3.56. The minimum atomic E-state index is 0.661. The monoisotopic (exact) mass is 563 g/mol. The smallest absolute Gasteiger partial charge is 0.164 e. The number of benzene rings is 6. The van der Waals surface area contributed by atoms with Gasteiger partial charge in [0.2, 0.25) is 0 Å². The first kappa shape index (κ1) is 23.4. The molecule has 0 radical (unpaired) electrons. The van der Waals surface area contributed by atoms with Gasteiger partial charge in [-0.05, 0) is 63.0 Å². The van der Waals surface area contributed by atoms with Gasteiger partial charge < -0.3 is 0 Å². The van der Waals surface area contributed by atoms with E-state index in [1.165, 1.54) is 27.3 Å². The van der Waals surface area contributed by atoms with E-state index < -0.39 is 0 Å². The van der Waals surface area contributed by atoms with Crippen molar-refractivity contribution in [3.63, 3.8) is 0 Å². The van der Waals surface area contributed by atoms with Gasteiger partial charge in [-0.1, -0.05) is 119 Å². The maximum atomic E-state index is 4.88. The van der Waals surface area contributed by atoms with E-state index in [-0.39, 0.29) is 0 Å². The number of fused-ring (bicyclic) bond motifs is 2. The standard InChI is InChI=1S/C35H22BrN3/c36-32-18-17-29-20-26(13-14-30(29)22-32)25-11-12-28-21-31(16-15-27(28)19-25)35-38-33(23-7-3-1-4-8-23)37-34(39-35)24-9-5-2-6-10-24/h1-22H. The molecule has 0 aliphatic rings. The molecule has 7 aromatic rings. The quantitative estimate of drug-likeness (QED) is 0.214. The van der Waals surface area contributed by atoms with E-state index in [1.807, 2.05) is 60.7 Å². The van der Waals surface area contributed by atoms with Gasteiger partial charge in [0.1, 0.15) is 0 Å². The number of aromatic nitrogens is 3. The topological polar surface area (TPSA) is 38.7 Å². The van der Waals surface area contributed by atoms with E-state index in [0.717, 1.165) is 26.5 Å². The molecule has 7 rings (SSSR count). The highest BCUT2D eigenvalue weighted by atomic mass is 79.9. The highest BCUT2D eigenvalue weighted by Gasteiger charge is 2.13. The summed E-state index contributed by atoms with van der Waals surface area (Å²) in [7, 11) is 0. The summed E-state index contributed by atoms with van der Waals surface area (Å²) in [5.74, 6) is 1.99. The Labute approximate surface area is 235 Å². The second kappa shape index (κ2) is 9.90. The molecular formula is C35H22BrN3. The van der Waals surface area contributed by atoms with Crippen molar-refractivity contribution in [2.24, 2.45) is 0 Å². The van der Waals surface area contributed by atoms with Crippen molar-refractivity contribution >= 4 is 37.5 Å². The van der Waals surface area contributed by atoms with Gasteiger partial charge in [0.15, 0.2) is 17.5 Å². The summed E-state index contributed by atoms with van der Waals surface area (Å²) in [5, 5.41) is 4.77. The fourth-order valence-corrected chi connectivity index (χ4v) is 5.28. The lowest BCUT2D eigenvalue weighted by atomic mass is 9.98. The fourth-order valence-electron chi connectivity index (χ4n) is 4.90. The van der Waals surface area contributed by atoms with Crippen molar-refractivity contribution in [2.75, 3.05) is 0 Å². The molecule has 0 bridgehead atoms. The predicted octanol–water partition coefficient (Wildman–Crippen LogP) is 9.61. The summed E-state index contributed by atoms with van der Waals surface area (Å²) < 4.78 is 1.09. The Morgan fingerprint density at radius 2 is 0.718 bits per heavy atom. The molecule has 0 spiro atoms. The molecule has 0 saturated heterocycles. The molecule has 0 atom stereocenters. The van der Waals surface area contributed by atoms with Crippen LogP contribution in [0.5, 0.6) is 0 Å². The maximum absolute atomic E-state index is 4.88. The van der Waals surface area contributed by atoms with E-state index >= 15 is 0 Å². The first-order chi connectivity index (χ1) is 19.2. The molecule has 0 N–H and O–H groups in total. The molecule has 6 aromatic carbocycles. The Hall–Kier alpha value is -4.67. The normalized spacial score (nSPS) is 11.2. The van der Waals surface area contributed by atoms with Crippen LogP contribution in [0.15, 0.2) is 138 Å². The SMILES string of the molecule is Brc1ccc2cc(-c3ccc4cc(-c5nc(-c6ccccc6)nc(-c6ccccc6)n5)ccc4c3)ccc2c1. The van der Waals surface area contributed by atoms with Crippen LogP contribution in [0.1, 0.15) is 0 Å². The third-order valence-electron chi connectivity index (χ3n) is 6.93. The average Bonchev–Trinajstić information content (AvgIpc) is 3.01. The lowest BCUT2D eigenvalue weighted by Gasteiger charge is -2.10. The van der Waals surface area contributed by atoms with Crippen molar-refractivity contribution in [1.29, 1.82) is 0 Å². The summed E-state index contributed by atoms with van der Waals surface area (Å²) in [6, 6.07) is 46.1. The van der Waals surface area contributed by atoms with E-state index in [0.29, 0.717) is 17.5 Å². The Morgan fingerprint density at radius 3 is 1.23 bits per heavy atom. The molecular weight excluding hydrogens is 542 g/mol. The van der Waals surface area contributed by atoms with E-state index in [2.05, 4.69) is 88.7 Å². The zero-order valence-corrected chi connectivity index (χ0v) is 22.5. The maximum Gasteiger partial charge on any atom is 0.164 e. The third-order valence-corrected chi connectivity index (χ3v) is 7.43. The predicted molar refractivity (Wildman–Crippen MR) is 164 cm³/mol. The van der Waals surface area contributed by atoms with Gasteiger partial charge in [-0.25, -0.2) is 15.0 Å². The summed E-state index contributed by atoms with van der Waals surface area (Å²) in [5.41, 5.74) is 5.28. The zero-order valence-electron chi connectivity index (χ0n) is 20.9. The number of hydrogen-bond acceptors (Lipinski definition) is 3. The van der Waals surface area contributed by atoms with Crippen molar-refractivity contribution in [1.82, 2.24) is 15.0 Å². The second-order valence-electron chi connectivity index (χ2n) is 9.52. The number of hydrogen-bond donors (Lipinski definition) is 0.